The fourth-order valence-electron chi connectivity index (χ4n) is 4.30. The van der Waals surface area contributed by atoms with Crippen LogP contribution >= 0.6 is 12.4 Å². The topological polar surface area (TPSA) is 61.4 Å². The molecule has 2 aromatic rings. The monoisotopic (exact) mass is 427 g/mol. The number of nitrogens with one attached hydrogen (secondary N) is 2. The molecule has 4 rings (SSSR count). The maximum atomic E-state index is 12.7. The second-order valence-electron chi connectivity index (χ2n) is 8.13. The van der Waals surface area contributed by atoms with Crippen LogP contribution in [0.3, 0.4) is 0 Å². The summed E-state index contributed by atoms with van der Waals surface area (Å²) >= 11 is 0. The van der Waals surface area contributed by atoms with E-state index in [0.717, 1.165) is 43.6 Å². The molecule has 0 spiro atoms. The molecule has 2 aliphatic heterocycles. The molecule has 0 saturated carbocycles. The van der Waals surface area contributed by atoms with E-state index in [1.165, 1.54) is 12.0 Å². The van der Waals surface area contributed by atoms with E-state index in [1.54, 1.807) is 0 Å². The van der Waals surface area contributed by atoms with Crippen molar-refractivity contribution in [1.29, 1.82) is 0 Å². The van der Waals surface area contributed by atoms with Gasteiger partial charge < -0.3 is 15.5 Å². The molecule has 0 radical (unpaired) electrons. The summed E-state index contributed by atoms with van der Waals surface area (Å²) in [5, 5.41) is 6.46. The zero-order chi connectivity index (χ0) is 20.1. The fraction of sp³-hybridized carbons (Fsp3) is 0.417. The Morgan fingerprint density at radius 1 is 1.13 bits per heavy atom. The van der Waals surface area contributed by atoms with Crippen LogP contribution in [0.5, 0.6) is 0 Å². The van der Waals surface area contributed by atoms with E-state index >= 15 is 0 Å². The number of benzene rings is 2. The fourth-order valence-corrected chi connectivity index (χ4v) is 4.30. The summed E-state index contributed by atoms with van der Waals surface area (Å²) < 4.78 is 0. The molecular formula is C24H30ClN3O2. The first-order chi connectivity index (χ1) is 14.2. The third-order valence-electron chi connectivity index (χ3n) is 5.97. The van der Waals surface area contributed by atoms with Crippen LogP contribution in [-0.2, 0) is 24.3 Å². The van der Waals surface area contributed by atoms with Crippen LogP contribution in [-0.4, -0.2) is 36.3 Å². The van der Waals surface area contributed by atoms with Crippen molar-refractivity contribution >= 4 is 24.2 Å². The summed E-state index contributed by atoms with van der Waals surface area (Å²) in [6, 6.07) is 16.0. The van der Waals surface area contributed by atoms with Crippen LogP contribution in [0.1, 0.15) is 46.3 Å². The molecule has 0 aromatic heterocycles. The second-order valence-corrected chi connectivity index (χ2v) is 8.13. The van der Waals surface area contributed by atoms with Crippen LogP contribution in [0.2, 0.25) is 0 Å². The number of hydrogen-bond acceptors (Lipinski definition) is 3. The summed E-state index contributed by atoms with van der Waals surface area (Å²) in [7, 11) is 0. The Kier molecular flexibility index (Phi) is 7.88. The molecular weight excluding hydrogens is 398 g/mol. The molecule has 30 heavy (non-hydrogen) atoms. The number of halogens is 1. The molecule has 0 bridgehead atoms. The molecule has 2 aromatic carbocycles. The number of rotatable bonds is 7. The SMILES string of the molecule is Cl.O=C(NCc1ccccc1CN1CCCC1=O)c1cccc(CC2CCNC2)c1. The van der Waals surface area contributed by atoms with Gasteiger partial charge in [0.15, 0.2) is 0 Å². The summed E-state index contributed by atoms with van der Waals surface area (Å²) in [4.78, 5) is 26.6. The first kappa shape index (κ1) is 22.3. The smallest absolute Gasteiger partial charge is 0.251 e. The average Bonchev–Trinajstić information content (AvgIpc) is 3.39. The predicted octanol–water partition coefficient (Wildman–Crippen LogP) is 3.31. The van der Waals surface area contributed by atoms with Gasteiger partial charge in [-0.15, -0.1) is 12.4 Å². The molecule has 2 heterocycles. The van der Waals surface area contributed by atoms with Crippen molar-refractivity contribution in [1.82, 2.24) is 15.5 Å². The zero-order valence-corrected chi connectivity index (χ0v) is 18.0. The average molecular weight is 428 g/mol. The van der Waals surface area contributed by atoms with E-state index in [0.29, 0.717) is 31.0 Å². The summed E-state index contributed by atoms with van der Waals surface area (Å²) in [6.45, 7) is 4.06. The Labute approximate surface area is 184 Å². The lowest BCUT2D eigenvalue weighted by Crippen LogP contribution is -2.27. The van der Waals surface area contributed by atoms with Crippen LogP contribution in [0.25, 0.3) is 0 Å². The lowest BCUT2D eigenvalue weighted by atomic mass is 9.97. The highest BCUT2D eigenvalue weighted by Crippen LogP contribution is 2.18. The van der Waals surface area contributed by atoms with Crippen molar-refractivity contribution in [2.24, 2.45) is 5.92 Å². The number of amides is 2. The van der Waals surface area contributed by atoms with E-state index < -0.39 is 0 Å². The maximum Gasteiger partial charge on any atom is 0.251 e. The zero-order valence-electron chi connectivity index (χ0n) is 17.2. The van der Waals surface area contributed by atoms with Gasteiger partial charge in [-0.1, -0.05) is 36.4 Å². The van der Waals surface area contributed by atoms with Gasteiger partial charge in [0, 0.05) is 31.6 Å². The van der Waals surface area contributed by atoms with Gasteiger partial charge in [0.25, 0.3) is 5.91 Å². The van der Waals surface area contributed by atoms with E-state index in [2.05, 4.69) is 16.7 Å². The molecule has 2 N–H and O–H groups in total. The van der Waals surface area contributed by atoms with Crippen molar-refractivity contribution in [3.05, 3.63) is 70.8 Å². The van der Waals surface area contributed by atoms with Crippen LogP contribution in [0, 0.1) is 5.92 Å². The minimum atomic E-state index is -0.0524. The number of likely N-dealkylation sites (tertiary alicyclic amines) is 1. The van der Waals surface area contributed by atoms with Gasteiger partial charge in [0.1, 0.15) is 0 Å². The largest absolute Gasteiger partial charge is 0.348 e. The first-order valence-corrected chi connectivity index (χ1v) is 10.6. The quantitative estimate of drug-likeness (QED) is 0.712. The highest BCUT2D eigenvalue weighted by atomic mass is 35.5. The molecule has 1 atom stereocenters. The van der Waals surface area contributed by atoms with Crippen molar-refractivity contribution < 1.29 is 9.59 Å². The van der Waals surface area contributed by atoms with Gasteiger partial charge in [0.05, 0.1) is 0 Å². The van der Waals surface area contributed by atoms with E-state index in [4.69, 9.17) is 0 Å². The first-order valence-electron chi connectivity index (χ1n) is 10.6. The molecule has 6 heteroatoms. The van der Waals surface area contributed by atoms with Crippen molar-refractivity contribution in [3.8, 4) is 0 Å². The molecule has 2 saturated heterocycles. The molecule has 1 unspecified atom stereocenters. The molecule has 2 aliphatic rings. The third kappa shape index (κ3) is 5.61. The summed E-state index contributed by atoms with van der Waals surface area (Å²) in [5.41, 5.74) is 4.10. The van der Waals surface area contributed by atoms with Crippen molar-refractivity contribution in [2.45, 2.75) is 38.8 Å². The number of nitrogens with zero attached hydrogens (tertiary/aromatic N) is 1. The molecule has 5 nitrogen and oxygen atoms in total. The van der Waals surface area contributed by atoms with Gasteiger partial charge in [-0.25, -0.2) is 0 Å². The highest BCUT2D eigenvalue weighted by Gasteiger charge is 2.21. The summed E-state index contributed by atoms with van der Waals surface area (Å²) in [5.74, 6) is 0.829. The van der Waals surface area contributed by atoms with Gasteiger partial charge >= 0.3 is 0 Å². The van der Waals surface area contributed by atoms with Crippen molar-refractivity contribution in [2.75, 3.05) is 19.6 Å². The van der Waals surface area contributed by atoms with Crippen LogP contribution in [0.4, 0.5) is 0 Å². The van der Waals surface area contributed by atoms with Gasteiger partial charge in [-0.05, 0) is 67.1 Å². The predicted molar refractivity (Wildman–Crippen MR) is 121 cm³/mol. The number of hydrogen-bond donors (Lipinski definition) is 2. The Morgan fingerprint density at radius 2 is 1.97 bits per heavy atom. The lowest BCUT2D eigenvalue weighted by molar-refractivity contribution is -0.128. The van der Waals surface area contributed by atoms with E-state index in [1.807, 2.05) is 47.4 Å². The Morgan fingerprint density at radius 3 is 2.70 bits per heavy atom. The lowest BCUT2D eigenvalue weighted by Gasteiger charge is -2.18. The highest BCUT2D eigenvalue weighted by molar-refractivity contribution is 5.94. The van der Waals surface area contributed by atoms with Crippen LogP contribution in [0.15, 0.2) is 48.5 Å². The van der Waals surface area contributed by atoms with Crippen LogP contribution < -0.4 is 10.6 Å². The third-order valence-corrected chi connectivity index (χ3v) is 5.97. The minimum absolute atomic E-state index is 0. The van der Waals surface area contributed by atoms with Gasteiger partial charge in [0.2, 0.25) is 5.91 Å². The summed E-state index contributed by atoms with van der Waals surface area (Å²) in [6.07, 6.45) is 3.80. The normalized spacial score (nSPS) is 18.3. The van der Waals surface area contributed by atoms with Gasteiger partial charge in [-0.2, -0.15) is 0 Å². The van der Waals surface area contributed by atoms with Gasteiger partial charge in [-0.3, -0.25) is 9.59 Å². The molecule has 2 amide bonds. The maximum absolute atomic E-state index is 12.7. The van der Waals surface area contributed by atoms with E-state index in [-0.39, 0.29) is 24.2 Å². The molecule has 0 aliphatic carbocycles. The number of carbonyl (C=O) groups excluding carboxylic acids is 2. The second kappa shape index (κ2) is 10.6. The Hall–Kier alpha value is -2.37. The van der Waals surface area contributed by atoms with Crippen molar-refractivity contribution in [3.63, 3.8) is 0 Å². The Balaban J connectivity index is 0.00000256. The number of carbonyl (C=O) groups is 2. The Bertz CT molecular complexity index is 880. The molecule has 2 fully saturated rings. The molecule has 160 valence electrons. The standard InChI is InChI=1S/C24H29N3O2.ClH/c28-23-9-4-12-27(23)17-22-7-2-1-6-21(22)16-26-24(29)20-8-3-5-18(14-20)13-19-10-11-25-15-19;/h1-3,5-8,14,19,25H,4,9-13,15-17H2,(H,26,29);1H. The minimum Gasteiger partial charge on any atom is -0.348 e. The van der Waals surface area contributed by atoms with E-state index in [9.17, 15) is 9.59 Å².